The Hall–Kier alpha value is -2.12. The fraction of sp³-hybridized carbons (Fsp3) is 0.522. The van der Waals surface area contributed by atoms with E-state index in [1.54, 1.807) is 0 Å². The van der Waals surface area contributed by atoms with E-state index < -0.39 is 0 Å². The molecule has 2 N–H and O–H groups in total. The summed E-state index contributed by atoms with van der Waals surface area (Å²) in [5.41, 5.74) is 4.16. The lowest BCUT2D eigenvalue weighted by atomic mass is 9.97. The largest absolute Gasteiger partial charge is 0.348 e. The molecule has 0 atom stereocenters. The number of rotatable bonds is 9. The number of hydrogen-bond acceptors (Lipinski definition) is 4. The van der Waals surface area contributed by atoms with Crippen molar-refractivity contribution < 1.29 is 9.69 Å². The highest BCUT2D eigenvalue weighted by Crippen LogP contribution is 2.28. The molecule has 6 nitrogen and oxygen atoms in total. The highest BCUT2D eigenvalue weighted by atomic mass is 32.2. The fourth-order valence-electron chi connectivity index (χ4n) is 3.84. The van der Waals surface area contributed by atoms with Gasteiger partial charge in [0.15, 0.2) is 0 Å². The molecule has 0 saturated heterocycles. The summed E-state index contributed by atoms with van der Waals surface area (Å²) < 4.78 is 1.87. The number of benzene rings is 1. The summed E-state index contributed by atoms with van der Waals surface area (Å²) in [6.07, 6.45) is 6.01. The molecule has 0 aliphatic heterocycles. The zero-order chi connectivity index (χ0) is 21.5. The maximum Gasteiger partial charge on any atom is 0.348 e. The standard InChI is InChI=1S/C23H32N4O2S/c1-4-17-10-12-18(13-11-17)24-21(28)16-30-22-19-8-5-6-9-20(19)27(23(29)25-22)15-7-14-26(2)3/h10-13H,4-9,14-16H2,1-3H3,(H,24,28)/p+1. The molecule has 1 heterocycles. The number of hydrogen-bond donors (Lipinski definition) is 2. The predicted molar refractivity (Wildman–Crippen MR) is 123 cm³/mol. The third-order valence-corrected chi connectivity index (χ3v) is 6.51. The fourth-order valence-corrected chi connectivity index (χ4v) is 4.72. The minimum Gasteiger partial charge on any atom is -0.340 e. The van der Waals surface area contributed by atoms with Gasteiger partial charge in [0.1, 0.15) is 5.03 Å². The Morgan fingerprint density at radius 3 is 2.63 bits per heavy atom. The molecule has 1 aromatic heterocycles. The average Bonchev–Trinajstić information content (AvgIpc) is 2.74. The van der Waals surface area contributed by atoms with E-state index in [1.807, 2.05) is 28.8 Å². The van der Waals surface area contributed by atoms with Crippen molar-refractivity contribution in [2.75, 3.05) is 31.7 Å². The third kappa shape index (κ3) is 5.95. The van der Waals surface area contributed by atoms with Gasteiger partial charge in [-0.25, -0.2) is 4.79 Å². The number of aryl methyl sites for hydroxylation is 1. The van der Waals surface area contributed by atoms with E-state index in [4.69, 9.17) is 0 Å². The lowest BCUT2D eigenvalue weighted by Crippen LogP contribution is -3.05. The van der Waals surface area contributed by atoms with Gasteiger partial charge in [-0.05, 0) is 49.8 Å². The summed E-state index contributed by atoms with van der Waals surface area (Å²) in [4.78, 5) is 30.9. The SMILES string of the molecule is CCc1ccc(NC(=O)CSc2nc(=O)n(CCC[NH+](C)C)c3c2CCCC3)cc1. The Morgan fingerprint density at radius 1 is 1.20 bits per heavy atom. The van der Waals surface area contributed by atoms with Crippen LogP contribution in [0.15, 0.2) is 34.1 Å². The van der Waals surface area contributed by atoms with Crippen LogP contribution in [0.5, 0.6) is 0 Å². The molecular formula is C23H33N4O2S+. The van der Waals surface area contributed by atoms with E-state index in [9.17, 15) is 9.59 Å². The maximum absolute atomic E-state index is 12.7. The smallest absolute Gasteiger partial charge is 0.340 e. The quantitative estimate of drug-likeness (QED) is 0.472. The van der Waals surface area contributed by atoms with Crippen molar-refractivity contribution in [3.05, 3.63) is 51.6 Å². The summed E-state index contributed by atoms with van der Waals surface area (Å²) in [6.45, 7) is 3.85. The first-order valence-electron chi connectivity index (χ1n) is 10.9. The molecule has 7 heteroatoms. The van der Waals surface area contributed by atoms with Crippen LogP contribution < -0.4 is 15.9 Å². The lowest BCUT2D eigenvalue weighted by molar-refractivity contribution is -0.858. The van der Waals surface area contributed by atoms with Crippen LogP contribution in [-0.2, 0) is 30.6 Å². The van der Waals surface area contributed by atoms with E-state index in [2.05, 4.69) is 31.3 Å². The van der Waals surface area contributed by atoms with Crippen LogP contribution in [0.1, 0.15) is 43.0 Å². The number of quaternary nitrogens is 1. The Balaban J connectivity index is 1.68. The lowest BCUT2D eigenvalue weighted by Gasteiger charge is -2.22. The first-order chi connectivity index (χ1) is 14.5. The molecule has 0 unspecified atom stereocenters. The molecule has 1 aliphatic rings. The molecule has 0 bridgehead atoms. The van der Waals surface area contributed by atoms with Gasteiger partial charge >= 0.3 is 5.69 Å². The second-order valence-electron chi connectivity index (χ2n) is 8.18. The number of anilines is 1. The van der Waals surface area contributed by atoms with Crippen molar-refractivity contribution in [1.82, 2.24) is 9.55 Å². The Morgan fingerprint density at radius 2 is 1.93 bits per heavy atom. The molecular weight excluding hydrogens is 396 g/mol. The zero-order valence-corrected chi connectivity index (χ0v) is 19.1. The second-order valence-corrected chi connectivity index (χ2v) is 9.15. The highest BCUT2D eigenvalue weighted by molar-refractivity contribution is 8.00. The normalized spacial score (nSPS) is 13.3. The molecule has 0 fully saturated rings. The summed E-state index contributed by atoms with van der Waals surface area (Å²) in [5.74, 6) is 0.177. The van der Waals surface area contributed by atoms with Crippen LogP contribution in [0.25, 0.3) is 0 Å². The van der Waals surface area contributed by atoms with Gasteiger partial charge in [0.05, 0.1) is 26.4 Å². The van der Waals surface area contributed by atoms with E-state index in [0.717, 1.165) is 68.0 Å². The number of carbonyl (C=O) groups is 1. The van der Waals surface area contributed by atoms with Gasteiger partial charge in [-0.15, -0.1) is 0 Å². The summed E-state index contributed by atoms with van der Waals surface area (Å²) in [5, 5.41) is 3.67. The minimum atomic E-state index is -0.178. The molecule has 0 spiro atoms. The Labute approximate surface area is 183 Å². The van der Waals surface area contributed by atoms with Crippen molar-refractivity contribution in [3.63, 3.8) is 0 Å². The first kappa shape index (κ1) is 22.6. The molecule has 1 amide bonds. The minimum absolute atomic E-state index is 0.0752. The van der Waals surface area contributed by atoms with E-state index >= 15 is 0 Å². The summed E-state index contributed by atoms with van der Waals surface area (Å²) >= 11 is 1.38. The van der Waals surface area contributed by atoms with Crippen LogP contribution in [0.2, 0.25) is 0 Å². The van der Waals surface area contributed by atoms with Gasteiger partial charge in [0.25, 0.3) is 0 Å². The molecule has 0 saturated carbocycles. The van der Waals surface area contributed by atoms with Crippen LogP contribution in [-0.4, -0.2) is 41.9 Å². The van der Waals surface area contributed by atoms with E-state index in [0.29, 0.717) is 0 Å². The molecule has 0 radical (unpaired) electrons. The second kappa shape index (κ2) is 10.8. The number of thioether (sulfide) groups is 1. The predicted octanol–water partition coefficient (Wildman–Crippen LogP) is 1.95. The highest BCUT2D eigenvalue weighted by Gasteiger charge is 2.21. The summed E-state index contributed by atoms with van der Waals surface area (Å²) in [6, 6.07) is 7.91. The van der Waals surface area contributed by atoms with Gasteiger partial charge in [0, 0.05) is 29.9 Å². The molecule has 2 aromatic rings. The first-order valence-corrected chi connectivity index (χ1v) is 11.9. The van der Waals surface area contributed by atoms with E-state index in [-0.39, 0.29) is 17.3 Å². The number of aromatic nitrogens is 2. The van der Waals surface area contributed by atoms with Gasteiger partial charge in [-0.3, -0.25) is 9.36 Å². The zero-order valence-electron chi connectivity index (χ0n) is 18.3. The molecule has 1 aromatic carbocycles. The number of amides is 1. The molecule has 30 heavy (non-hydrogen) atoms. The monoisotopic (exact) mass is 429 g/mol. The molecule has 162 valence electrons. The van der Waals surface area contributed by atoms with Crippen molar-refractivity contribution in [1.29, 1.82) is 0 Å². The number of nitrogens with zero attached hydrogens (tertiary/aromatic N) is 2. The van der Waals surface area contributed by atoms with Crippen LogP contribution in [0.3, 0.4) is 0 Å². The van der Waals surface area contributed by atoms with Crippen LogP contribution in [0.4, 0.5) is 5.69 Å². The van der Waals surface area contributed by atoms with Crippen LogP contribution >= 0.6 is 11.8 Å². The Kier molecular flexibility index (Phi) is 8.10. The number of fused-ring (bicyclic) bond motifs is 1. The maximum atomic E-state index is 12.7. The van der Waals surface area contributed by atoms with Gasteiger partial charge in [-0.1, -0.05) is 30.8 Å². The van der Waals surface area contributed by atoms with Gasteiger partial charge in [0.2, 0.25) is 5.91 Å². The number of carbonyl (C=O) groups excluding carboxylic acids is 1. The average molecular weight is 430 g/mol. The van der Waals surface area contributed by atoms with Crippen molar-refractivity contribution >= 4 is 23.4 Å². The van der Waals surface area contributed by atoms with Crippen molar-refractivity contribution in [3.8, 4) is 0 Å². The molecule has 3 rings (SSSR count). The van der Waals surface area contributed by atoms with Gasteiger partial charge < -0.3 is 10.2 Å². The van der Waals surface area contributed by atoms with Crippen LogP contribution in [0, 0.1) is 0 Å². The third-order valence-electron chi connectivity index (χ3n) is 5.50. The van der Waals surface area contributed by atoms with E-state index in [1.165, 1.54) is 27.8 Å². The Bertz CT molecular complexity index is 922. The summed E-state index contributed by atoms with van der Waals surface area (Å²) in [7, 11) is 4.25. The topological polar surface area (TPSA) is 68.4 Å². The van der Waals surface area contributed by atoms with Crippen molar-refractivity contribution in [2.45, 2.75) is 57.0 Å². The number of nitrogens with one attached hydrogen (secondary N) is 2. The van der Waals surface area contributed by atoms with Gasteiger partial charge in [-0.2, -0.15) is 4.98 Å². The van der Waals surface area contributed by atoms with Crippen molar-refractivity contribution in [2.24, 2.45) is 0 Å². The molecule has 1 aliphatic carbocycles.